The minimum Gasteiger partial charge on any atom is -0.421 e. The van der Waals surface area contributed by atoms with Gasteiger partial charge in [-0.15, -0.1) is 10.2 Å². The van der Waals surface area contributed by atoms with Crippen molar-refractivity contribution in [3.05, 3.63) is 52.8 Å². The molecule has 28 heavy (non-hydrogen) atoms. The van der Waals surface area contributed by atoms with Crippen LogP contribution in [0.1, 0.15) is 30.7 Å². The number of aromatic nitrogens is 3. The van der Waals surface area contributed by atoms with Gasteiger partial charge in [-0.25, -0.2) is 0 Å². The number of amides is 1. The molecule has 1 aliphatic rings. The van der Waals surface area contributed by atoms with Crippen molar-refractivity contribution in [1.29, 1.82) is 0 Å². The van der Waals surface area contributed by atoms with Crippen LogP contribution < -0.4 is 0 Å². The van der Waals surface area contributed by atoms with Crippen molar-refractivity contribution >= 4 is 17.2 Å². The monoisotopic (exact) mass is 398 g/mol. The van der Waals surface area contributed by atoms with Crippen LogP contribution in [0.25, 0.3) is 11.5 Å². The first kappa shape index (κ1) is 18.8. The van der Waals surface area contributed by atoms with Gasteiger partial charge in [0.25, 0.3) is 0 Å². The van der Waals surface area contributed by atoms with Crippen LogP contribution in [0.15, 0.2) is 45.8 Å². The van der Waals surface area contributed by atoms with Gasteiger partial charge in [-0.1, -0.05) is 6.07 Å². The smallest absolute Gasteiger partial charge is 0.248 e. The van der Waals surface area contributed by atoms with E-state index in [0.29, 0.717) is 37.7 Å². The van der Waals surface area contributed by atoms with E-state index in [1.807, 2.05) is 33.9 Å². The third-order valence-corrected chi connectivity index (χ3v) is 5.37. The molecule has 7 nitrogen and oxygen atoms in total. The van der Waals surface area contributed by atoms with Crippen LogP contribution in [0.5, 0.6) is 0 Å². The van der Waals surface area contributed by atoms with E-state index in [0.717, 1.165) is 30.6 Å². The van der Waals surface area contributed by atoms with Gasteiger partial charge in [-0.05, 0) is 35.9 Å². The van der Waals surface area contributed by atoms with E-state index in [1.54, 1.807) is 23.7 Å². The molecule has 0 saturated carbocycles. The number of ether oxygens (including phenoxy) is 1. The fraction of sp³-hybridized carbons (Fsp3) is 0.400. The topological polar surface area (TPSA) is 81.4 Å². The zero-order chi connectivity index (χ0) is 19.2. The Kier molecular flexibility index (Phi) is 6.08. The Balaban J connectivity index is 1.38. The maximum absolute atomic E-state index is 12.9. The van der Waals surface area contributed by atoms with E-state index in [2.05, 4.69) is 15.2 Å². The molecule has 1 aliphatic heterocycles. The quantitative estimate of drug-likeness (QED) is 0.579. The SMILES string of the molecule is O=C(CCc1nnc(-c2ccsc2)o1)N(Cc1cccnc1)CC1CCCO1. The normalized spacial score (nSPS) is 16.4. The summed E-state index contributed by atoms with van der Waals surface area (Å²) in [5, 5.41) is 12.1. The highest BCUT2D eigenvalue weighted by Crippen LogP contribution is 2.21. The lowest BCUT2D eigenvalue weighted by molar-refractivity contribution is -0.133. The van der Waals surface area contributed by atoms with Gasteiger partial charge in [-0.2, -0.15) is 11.3 Å². The molecule has 1 saturated heterocycles. The van der Waals surface area contributed by atoms with Gasteiger partial charge >= 0.3 is 0 Å². The summed E-state index contributed by atoms with van der Waals surface area (Å²) >= 11 is 1.58. The summed E-state index contributed by atoms with van der Waals surface area (Å²) in [6.45, 7) is 1.89. The molecular weight excluding hydrogens is 376 g/mol. The molecule has 1 amide bonds. The maximum Gasteiger partial charge on any atom is 0.248 e. The number of carbonyl (C=O) groups is 1. The molecule has 3 aromatic heterocycles. The van der Waals surface area contributed by atoms with Gasteiger partial charge in [0.15, 0.2) is 0 Å². The van der Waals surface area contributed by atoms with Crippen molar-refractivity contribution in [2.45, 2.75) is 38.3 Å². The highest BCUT2D eigenvalue weighted by molar-refractivity contribution is 7.08. The Morgan fingerprint density at radius 3 is 3.04 bits per heavy atom. The first-order valence-electron chi connectivity index (χ1n) is 9.41. The van der Waals surface area contributed by atoms with E-state index in [9.17, 15) is 4.79 Å². The predicted molar refractivity (Wildman–Crippen MR) is 105 cm³/mol. The lowest BCUT2D eigenvalue weighted by Gasteiger charge is -2.25. The first-order valence-corrected chi connectivity index (χ1v) is 10.4. The second kappa shape index (κ2) is 9.07. The number of pyridine rings is 1. The number of nitrogens with zero attached hydrogens (tertiary/aromatic N) is 4. The fourth-order valence-electron chi connectivity index (χ4n) is 3.23. The van der Waals surface area contributed by atoms with E-state index < -0.39 is 0 Å². The average Bonchev–Trinajstić information content (AvgIpc) is 3.48. The van der Waals surface area contributed by atoms with E-state index in [-0.39, 0.29) is 12.0 Å². The summed E-state index contributed by atoms with van der Waals surface area (Å²) in [7, 11) is 0. The molecule has 1 fully saturated rings. The van der Waals surface area contributed by atoms with Gasteiger partial charge < -0.3 is 14.1 Å². The van der Waals surface area contributed by atoms with E-state index in [4.69, 9.17) is 9.15 Å². The third kappa shape index (κ3) is 4.82. The molecule has 4 rings (SSSR count). The second-order valence-corrected chi connectivity index (χ2v) is 7.56. The Bertz CT molecular complexity index is 876. The average molecular weight is 398 g/mol. The molecule has 8 heteroatoms. The number of thiophene rings is 1. The van der Waals surface area contributed by atoms with Gasteiger partial charge in [0.05, 0.1) is 6.10 Å². The summed E-state index contributed by atoms with van der Waals surface area (Å²) in [5.74, 6) is 1.03. The van der Waals surface area contributed by atoms with Crippen LogP contribution in [0.4, 0.5) is 0 Å². The summed E-state index contributed by atoms with van der Waals surface area (Å²) in [4.78, 5) is 18.9. The van der Waals surface area contributed by atoms with E-state index >= 15 is 0 Å². The molecule has 1 unspecified atom stereocenters. The second-order valence-electron chi connectivity index (χ2n) is 6.78. The summed E-state index contributed by atoms with van der Waals surface area (Å²) in [5.41, 5.74) is 1.91. The standard InChI is InChI=1S/C20H22N4O3S/c25-19(6-5-18-22-23-20(27-18)16-7-10-28-14-16)24(13-17-4-2-9-26-17)12-15-3-1-8-21-11-15/h1,3,7-8,10-11,14,17H,2,4-6,9,12-13H2. The lowest BCUT2D eigenvalue weighted by Crippen LogP contribution is -2.37. The Hall–Kier alpha value is -2.58. The minimum absolute atomic E-state index is 0.0506. The first-order chi connectivity index (χ1) is 13.8. The van der Waals surface area contributed by atoms with Crippen molar-refractivity contribution in [2.75, 3.05) is 13.2 Å². The number of aryl methyl sites for hydroxylation is 1. The lowest BCUT2D eigenvalue weighted by atomic mass is 10.2. The van der Waals surface area contributed by atoms with Crippen molar-refractivity contribution in [1.82, 2.24) is 20.1 Å². The minimum atomic E-state index is 0.0506. The van der Waals surface area contributed by atoms with Crippen LogP contribution in [0, 0.1) is 0 Å². The molecule has 3 aromatic rings. The fourth-order valence-corrected chi connectivity index (χ4v) is 3.86. The third-order valence-electron chi connectivity index (χ3n) is 4.68. The molecule has 0 N–H and O–H groups in total. The molecule has 0 radical (unpaired) electrons. The largest absolute Gasteiger partial charge is 0.421 e. The maximum atomic E-state index is 12.9. The highest BCUT2D eigenvalue weighted by Gasteiger charge is 2.23. The molecule has 1 atom stereocenters. The number of hydrogen-bond acceptors (Lipinski definition) is 7. The Morgan fingerprint density at radius 2 is 2.29 bits per heavy atom. The molecular formula is C20H22N4O3S. The molecule has 4 heterocycles. The van der Waals surface area contributed by atoms with Gasteiger partial charge in [-0.3, -0.25) is 9.78 Å². The van der Waals surface area contributed by atoms with Crippen molar-refractivity contribution in [2.24, 2.45) is 0 Å². The van der Waals surface area contributed by atoms with E-state index in [1.165, 1.54) is 0 Å². The number of carbonyl (C=O) groups excluding carboxylic acids is 1. The van der Waals surface area contributed by atoms with Crippen LogP contribution >= 0.6 is 11.3 Å². The van der Waals surface area contributed by atoms with Crippen LogP contribution in [-0.2, 0) is 22.5 Å². The molecule has 0 aromatic carbocycles. The molecule has 0 spiro atoms. The van der Waals surface area contributed by atoms with Crippen LogP contribution in [0.2, 0.25) is 0 Å². The zero-order valence-corrected chi connectivity index (χ0v) is 16.3. The predicted octanol–water partition coefficient (Wildman–Crippen LogP) is 3.33. The number of rotatable bonds is 8. The van der Waals surface area contributed by atoms with Gasteiger partial charge in [0.2, 0.25) is 17.7 Å². The highest BCUT2D eigenvalue weighted by atomic mass is 32.1. The van der Waals surface area contributed by atoms with Crippen LogP contribution in [0.3, 0.4) is 0 Å². The molecule has 146 valence electrons. The number of hydrogen-bond donors (Lipinski definition) is 0. The Morgan fingerprint density at radius 1 is 1.32 bits per heavy atom. The van der Waals surface area contributed by atoms with Crippen molar-refractivity contribution in [3.8, 4) is 11.5 Å². The van der Waals surface area contributed by atoms with Gasteiger partial charge in [0.1, 0.15) is 0 Å². The summed E-state index contributed by atoms with van der Waals surface area (Å²) in [6, 6.07) is 5.80. The summed E-state index contributed by atoms with van der Waals surface area (Å²) < 4.78 is 11.4. The summed E-state index contributed by atoms with van der Waals surface area (Å²) in [6.07, 6.45) is 6.41. The van der Waals surface area contributed by atoms with Crippen molar-refractivity contribution in [3.63, 3.8) is 0 Å². The molecule has 0 bridgehead atoms. The zero-order valence-electron chi connectivity index (χ0n) is 15.5. The molecule has 0 aliphatic carbocycles. The van der Waals surface area contributed by atoms with Gasteiger partial charge in [0, 0.05) is 55.9 Å². The Labute approximate surface area is 167 Å². The van der Waals surface area contributed by atoms with Crippen molar-refractivity contribution < 1.29 is 13.9 Å². The van der Waals surface area contributed by atoms with Crippen LogP contribution in [-0.4, -0.2) is 45.2 Å².